The Kier molecular flexibility index (Phi) is 3.14. The van der Waals surface area contributed by atoms with Crippen LogP contribution in [0.5, 0.6) is 5.75 Å². The van der Waals surface area contributed by atoms with Crippen LogP contribution in [0, 0.1) is 11.8 Å². The van der Waals surface area contributed by atoms with E-state index in [1.165, 1.54) is 11.1 Å². The van der Waals surface area contributed by atoms with Crippen molar-refractivity contribution < 1.29 is 9.47 Å². The Morgan fingerprint density at radius 3 is 2.63 bits per heavy atom. The summed E-state index contributed by atoms with van der Waals surface area (Å²) in [4.78, 5) is 0. The fraction of sp³-hybridized carbons (Fsp3) is 0.529. The fourth-order valence-electron chi connectivity index (χ4n) is 3.31. The molecule has 1 saturated heterocycles. The first-order chi connectivity index (χ1) is 9.08. The molecule has 0 amide bonds. The molecule has 102 valence electrons. The van der Waals surface area contributed by atoms with Crippen LogP contribution in [0.3, 0.4) is 0 Å². The molecule has 1 aromatic rings. The third kappa shape index (κ3) is 2.08. The highest BCUT2D eigenvalue weighted by molar-refractivity contribution is 5.39. The van der Waals surface area contributed by atoms with E-state index in [4.69, 9.17) is 9.47 Å². The van der Waals surface area contributed by atoms with Crippen LogP contribution in [-0.4, -0.2) is 12.2 Å². The Labute approximate surface area is 115 Å². The van der Waals surface area contributed by atoms with E-state index in [1.807, 2.05) is 6.07 Å². The minimum Gasteiger partial charge on any atom is -0.486 e. The topological polar surface area (TPSA) is 18.5 Å². The van der Waals surface area contributed by atoms with Gasteiger partial charge in [0.25, 0.3) is 0 Å². The zero-order chi connectivity index (χ0) is 13.6. The first-order valence-electron chi connectivity index (χ1n) is 7.14. The van der Waals surface area contributed by atoms with E-state index < -0.39 is 0 Å². The summed E-state index contributed by atoms with van der Waals surface area (Å²) < 4.78 is 12.4. The third-order valence-corrected chi connectivity index (χ3v) is 4.42. The van der Waals surface area contributed by atoms with Gasteiger partial charge in [0.1, 0.15) is 11.9 Å². The molecule has 0 radical (unpaired) electrons. The van der Waals surface area contributed by atoms with Gasteiger partial charge in [-0.15, -0.1) is 0 Å². The molecule has 0 aliphatic carbocycles. The number of fused-ring (bicyclic) bond motifs is 3. The number of ether oxygens (including phenoxy) is 2. The number of allylic oxidation sites excluding steroid dienone is 1. The van der Waals surface area contributed by atoms with Crippen LogP contribution < -0.4 is 4.74 Å². The highest BCUT2D eigenvalue weighted by Crippen LogP contribution is 2.50. The number of benzene rings is 1. The van der Waals surface area contributed by atoms with E-state index in [-0.39, 0.29) is 18.3 Å². The van der Waals surface area contributed by atoms with Gasteiger partial charge in [-0.3, -0.25) is 0 Å². The second kappa shape index (κ2) is 4.68. The quantitative estimate of drug-likeness (QED) is 0.705. The average Bonchev–Trinajstić information content (AvgIpc) is 2.66. The molecule has 2 aliphatic rings. The highest BCUT2D eigenvalue weighted by Gasteiger charge is 2.48. The maximum Gasteiger partial charge on any atom is 0.126 e. The van der Waals surface area contributed by atoms with Crippen LogP contribution in [0.4, 0.5) is 0 Å². The van der Waals surface area contributed by atoms with Gasteiger partial charge < -0.3 is 9.47 Å². The zero-order valence-electron chi connectivity index (χ0n) is 12.1. The van der Waals surface area contributed by atoms with Crippen molar-refractivity contribution in [3.63, 3.8) is 0 Å². The second-order valence-electron chi connectivity index (χ2n) is 6.06. The summed E-state index contributed by atoms with van der Waals surface area (Å²) in [6.45, 7) is 8.70. The number of para-hydroxylation sites is 1. The molecule has 0 spiro atoms. The molecule has 0 N–H and O–H groups in total. The maximum atomic E-state index is 6.22. The smallest absolute Gasteiger partial charge is 0.126 e. The van der Waals surface area contributed by atoms with Crippen molar-refractivity contribution in [3.8, 4) is 5.75 Å². The van der Waals surface area contributed by atoms with E-state index in [1.54, 1.807) is 0 Å². The summed E-state index contributed by atoms with van der Waals surface area (Å²) in [7, 11) is 0. The molecule has 5 atom stereocenters. The largest absolute Gasteiger partial charge is 0.486 e. The molecule has 2 aliphatic heterocycles. The SMILES string of the molecule is CC(C)=C[C@@H]1Oc2ccccc2[C@H]2O[C@@H](C)[C@H](C)[C@@H]12. The van der Waals surface area contributed by atoms with E-state index in [9.17, 15) is 0 Å². The number of hydrogen-bond donors (Lipinski definition) is 0. The van der Waals surface area contributed by atoms with E-state index in [2.05, 4.69) is 52.0 Å². The molecule has 0 aromatic heterocycles. The van der Waals surface area contributed by atoms with Gasteiger partial charge in [0.2, 0.25) is 0 Å². The van der Waals surface area contributed by atoms with Crippen LogP contribution in [0.15, 0.2) is 35.9 Å². The summed E-state index contributed by atoms with van der Waals surface area (Å²) >= 11 is 0. The molecule has 3 rings (SSSR count). The average molecular weight is 258 g/mol. The van der Waals surface area contributed by atoms with Crippen molar-refractivity contribution in [3.05, 3.63) is 41.5 Å². The highest BCUT2D eigenvalue weighted by atomic mass is 16.5. The molecule has 0 bridgehead atoms. The Morgan fingerprint density at radius 1 is 1.16 bits per heavy atom. The summed E-state index contributed by atoms with van der Waals surface area (Å²) in [5.74, 6) is 1.91. The first-order valence-corrected chi connectivity index (χ1v) is 7.14. The van der Waals surface area contributed by atoms with Crippen molar-refractivity contribution in [2.75, 3.05) is 0 Å². The predicted molar refractivity (Wildman–Crippen MR) is 76.2 cm³/mol. The Bertz CT molecular complexity index is 502. The lowest BCUT2D eigenvalue weighted by atomic mass is 9.79. The van der Waals surface area contributed by atoms with Crippen LogP contribution in [0.1, 0.15) is 39.4 Å². The van der Waals surface area contributed by atoms with Crippen molar-refractivity contribution in [2.24, 2.45) is 11.8 Å². The van der Waals surface area contributed by atoms with Crippen LogP contribution >= 0.6 is 0 Å². The van der Waals surface area contributed by atoms with Crippen molar-refractivity contribution in [1.29, 1.82) is 0 Å². The van der Waals surface area contributed by atoms with Gasteiger partial charge in [-0.25, -0.2) is 0 Å². The predicted octanol–water partition coefficient (Wildman–Crippen LogP) is 4.13. The third-order valence-electron chi connectivity index (χ3n) is 4.42. The number of rotatable bonds is 1. The van der Waals surface area contributed by atoms with Gasteiger partial charge in [-0.05, 0) is 38.8 Å². The summed E-state index contributed by atoms with van der Waals surface area (Å²) in [6.07, 6.45) is 2.84. The fourth-order valence-corrected chi connectivity index (χ4v) is 3.31. The van der Waals surface area contributed by atoms with Gasteiger partial charge in [-0.2, -0.15) is 0 Å². The Balaban J connectivity index is 2.05. The van der Waals surface area contributed by atoms with Crippen molar-refractivity contribution >= 4 is 0 Å². The molecule has 2 heterocycles. The van der Waals surface area contributed by atoms with Gasteiger partial charge >= 0.3 is 0 Å². The molecule has 1 fully saturated rings. The van der Waals surface area contributed by atoms with Crippen LogP contribution in [0.2, 0.25) is 0 Å². The monoisotopic (exact) mass is 258 g/mol. The van der Waals surface area contributed by atoms with E-state index >= 15 is 0 Å². The van der Waals surface area contributed by atoms with Gasteiger partial charge in [0.05, 0.1) is 12.2 Å². The lowest BCUT2D eigenvalue weighted by Crippen LogP contribution is -2.35. The summed E-state index contributed by atoms with van der Waals surface area (Å²) in [5.41, 5.74) is 2.51. The van der Waals surface area contributed by atoms with Crippen LogP contribution in [0.25, 0.3) is 0 Å². The minimum absolute atomic E-state index is 0.129. The lowest BCUT2D eigenvalue weighted by molar-refractivity contribution is 0.0102. The van der Waals surface area contributed by atoms with Crippen molar-refractivity contribution in [1.82, 2.24) is 0 Å². The summed E-state index contributed by atoms with van der Waals surface area (Å²) in [6, 6.07) is 8.28. The van der Waals surface area contributed by atoms with Gasteiger partial charge in [-0.1, -0.05) is 30.7 Å². The standard InChI is InChI=1S/C17H22O2/c1-10(2)9-15-16-11(3)12(4)18-17(16)13-7-5-6-8-14(13)19-15/h5-9,11-12,15-17H,1-4H3/t11-,12-,15-,16-,17+/m0/s1. The van der Waals surface area contributed by atoms with E-state index in [0.717, 1.165) is 5.75 Å². The Morgan fingerprint density at radius 2 is 1.89 bits per heavy atom. The Hall–Kier alpha value is -1.28. The number of hydrogen-bond acceptors (Lipinski definition) is 2. The van der Waals surface area contributed by atoms with Gasteiger partial charge in [0, 0.05) is 11.5 Å². The minimum atomic E-state index is 0.129. The first kappa shape index (κ1) is 12.7. The normalized spacial score (nSPS) is 36.1. The lowest BCUT2D eigenvalue weighted by Gasteiger charge is -2.35. The molecule has 2 heteroatoms. The summed E-state index contributed by atoms with van der Waals surface area (Å²) in [5, 5.41) is 0. The molecular weight excluding hydrogens is 236 g/mol. The zero-order valence-corrected chi connectivity index (χ0v) is 12.1. The molecule has 0 saturated carbocycles. The molecule has 2 nitrogen and oxygen atoms in total. The molecular formula is C17H22O2. The second-order valence-corrected chi connectivity index (χ2v) is 6.06. The maximum absolute atomic E-state index is 6.22. The van der Waals surface area contributed by atoms with Gasteiger partial charge in [0.15, 0.2) is 0 Å². The van der Waals surface area contributed by atoms with Crippen molar-refractivity contribution in [2.45, 2.75) is 46.0 Å². The molecule has 0 unspecified atom stereocenters. The van der Waals surface area contributed by atoms with Crippen LogP contribution in [-0.2, 0) is 4.74 Å². The molecule has 1 aromatic carbocycles. The molecule has 19 heavy (non-hydrogen) atoms. The van der Waals surface area contributed by atoms with E-state index in [0.29, 0.717) is 11.8 Å².